The van der Waals surface area contributed by atoms with Crippen LogP contribution in [0.1, 0.15) is 20.8 Å². The highest BCUT2D eigenvalue weighted by atomic mass is 19.4. The summed E-state index contributed by atoms with van der Waals surface area (Å²) in [7, 11) is 0. The van der Waals surface area contributed by atoms with E-state index in [2.05, 4.69) is 19.7 Å². The fraction of sp³-hybridized carbons (Fsp3) is 0.519. The molecule has 2 aliphatic rings. The van der Waals surface area contributed by atoms with Crippen LogP contribution in [0, 0.1) is 0 Å². The Hall–Kier alpha value is -3.55. The molecule has 0 aliphatic carbocycles. The van der Waals surface area contributed by atoms with Crippen LogP contribution in [-0.4, -0.2) is 81.7 Å². The monoisotopic (exact) mass is 592 g/mol. The van der Waals surface area contributed by atoms with E-state index in [1.165, 1.54) is 24.3 Å². The molecule has 41 heavy (non-hydrogen) atoms. The van der Waals surface area contributed by atoms with Crippen molar-refractivity contribution >= 4 is 17.5 Å². The van der Waals surface area contributed by atoms with Crippen LogP contribution in [-0.2, 0) is 4.74 Å². The van der Waals surface area contributed by atoms with Gasteiger partial charge in [0, 0.05) is 63.7 Å². The average Bonchev–Trinajstić information content (AvgIpc) is 2.88. The van der Waals surface area contributed by atoms with E-state index in [9.17, 15) is 31.1 Å². The predicted molar refractivity (Wildman–Crippen MR) is 141 cm³/mol. The van der Waals surface area contributed by atoms with Gasteiger partial charge in [-0.2, -0.15) is 0 Å². The molecule has 2 heterocycles. The fourth-order valence-corrected chi connectivity index (χ4v) is 4.11. The molecule has 14 heteroatoms. The maximum absolute atomic E-state index is 12.2. The molecule has 0 bridgehead atoms. The Morgan fingerprint density at radius 2 is 1.05 bits per heavy atom. The highest BCUT2D eigenvalue weighted by Gasteiger charge is 2.32. The van der Waals surface area contributed by atoms with Crippen molar-refractivity contribution in [2.75, 3.05) is 62.2 Å². The molecule has 228 valence electrons. The lowest BCUT2D eigenvalue weighted by atomic mass is 10.2. The van der Waals surface area contributed by atoms with Crippen molar-refractivity contribution in [1.29, 1.82) is 0 Å². The molecule has 8 nitrogen and oxygen atoms in total. The van der Waals surface area contributed by atoms with Gasteiger partial charge in [0.1, 0.15) is 17.1 Å². The first-order valence-electron chi connectivity index (χ1n) is 13.0. The zero-order chi connectivity index (χ0) is 30.3. The van der Waals surface area contributed by atoms with Crippen molar-refractivity contribution in [3.05, 3.63) is 48.5 Å². The van der Waals surface area contributed by atoms with E-state index < -0.39 is 18.3 Å². The number of hydrogen-bond donors (Lipinski definition) is 1. The number of alkyl halides is 6. The van der Waals surface area contributed by atoms with E-state index >= 15 is 0 Å². The number of hydrogen-bond acceptors (Lipinski definition) is 7. The Bertz CT molecular complexity index is 1090. The molecule has 2 aliphatic heterocycles. The van der Waals surface area contributed by atoms with Gasteiger partial charge >= 0.3 is 18.8 Å². The Labute approximate surface area is 234 Å². The summed E-state index contributed by atoms with van der Waals surface area (Å²) in [5.74, 6) is -0.435. The highest BCUT2D eigenvalue weighted by Crippen LogP contribution is 2.27. The van der Waals surface area contributed by atoms with Gasteiger partial charge in [-0.15, -0.1) is 26.3 Å². The lowest BCUT2D eigenvalue weighted by Crippen LogP contribution is -2.50. The second kappa shape index (κ2) is 13.4. The molecule has 0 saturated carbocycles. The van der Waals surface area contributed by atoms with Gasteiger partial charge < -0.3 is 34.2 Å². The van der Waals surface area contributed by atoms with Gasteiger partial charge in [0.05, 0.1) is 0 Å². The standard InChI is InChI=1S/C16H21F3N2O3.C11H13F3N2O/c1-15(2,3)24-14(22)21-10-8-20(9-11-21)12-4-6-13(7-5-12)23-16(17,18)19;12-11(13,14)17-10-3-1-9(2-4-10)16-7-5-15-6-8-16/h4-7H,8-11H2,1-3H3;1-4,15H,5-8H2. The first-order chi connectivity index (χ1) is 19.1. The smallest absolute Gasteiger partial charge is 0.444 e. The number of halogens is 6. The second-order valence-corrected chi connectivity index (χ2v) is 10.3. The van der Waals surface area contributed by atoms with Crippen molar-refractivity contribution in [1.82, 2.24) is 10.2 Å². The average molecular weight is 593 g/mol. The summed E-state index contributed by atoms with van der Waals surface area (Å²) in [5.41, 5.74) is 1.16. The van der Waals surface area contributed by atoms with Crippen LogP contribution in [0.4, 0.5) is 42.5 Å². The molecule has 0 atom stereocenters. The van der Waals surface area contributed by atoms with E-state index in [-0.39, 0.29) is 17.6 Å². The number of carbonyl (C=O) groups excluding carboxylic acids is 1. The normalized spacial score (nSPS) is 16.5. The zero-order valence-corrected chi connectivity index (χ0v) is 23.0. The summed E-state index contributed by atoms with van der Waals surface area (Å²) < 4.78 is 85.3. The summed E-state index contributed by atoms with van der Waals surface area (Å²) in [6.07, 6.45) is -9.67. The number of carbonyl (C=O) groups is 1. The van der Waals surface area contributed by atoms with E-state index in [1.54, 1.807) is 29.2 Å². The lowest BCUT2D eigenvalue weighted by molar-refractivity contribution is -0.275. The maximum atomic E-state index is 12.2. The van der Waals surface area contributed by atoms with Crippen LogP contribution in [0.15, 0.2) is 48.5 Å². The van der Waals surface area contributed by atoms with Crippen LogP contribution in [0.25, 0.3) is 0 Å². The van der Waals surface area contributed by atoms with Crippen LogP contribution in [0.2, 0.25) is 0 Å². The molecule has 4 rings (SSSR count). The minimum atomic E-state index is -4.69. The molecule has 0 unspecified atom stereocenters. The summed E-state index contributed by atoms with van der Waals surface area (Å²) in [6.45, 7) is 11.1. The van der Waals surface area contributed by atoms with E-state index in [0.29, 0.717) is 26.2 Å². The number of ether oxygens (including phenoxy) is 3. The van der Waals surface area contributed by atoms with Crippen molar-refractivity contribution in [2.45, 2.75) is 39.1 Å². The van der Waals surface area contributed by atoms with Crippen LogP contribution < -0.4 is 24.6 Å². The molecular weight excluding hydrogens is 558 g/mol. The number of rotatable bonds is 4. The molecule has 2 saturated heterocycles. The molecule has 0 aromatic heterocycles. The molecule has 2 aromatic rings. The topological polar surface area (TPSA) is 66.5 Å². The molecule has 1 N–H and O–H groups in total. The van der Waals surface area contributed by atoms with E-state index in [0.717, 1.165) is 37.6 Å². The minimum Gasteiger partial charge on any atom is -0.444 e. The van der Waals surface area contributed by atoms with Crippen molar-refractivity contribution in [2.24, 2.45) is 0 Å². The second-order valence-electron chi connectivity index (χ2n) is 10.3. The molecule has 0 spiro atoms. The zero-order valence-electron chi connectivity index (χ0n) is 23.0. The predicted octanol–water partition coefficient (Wildman–Crippen LogP) is 5.64. The third-order valence-electron chi connectivity index (χ3n) is 5.92. The SMILES string of the molecule is CC(C)(C)OC(=O)N1CCN(c2ccc(OC(F)(F)F)cc2)CC1.FC(F)(F)Oc1ccc(N2CCNCC2)cc1. The minimum absolute atomic E-state index is 0.184. The van der Waals surface area contributed by atoms with Crippen LogP contribution in [0.3, 0.4) is 0 Å². The molecule has 2 fully saturated rings. The Balaban J connectivity index is 0.000000239. The van der Waals surface area contributed by atoms with E-state index in [4.69, 9.17) is 4.74 Å². The summed E-state index contributed by atoms with van der Waals surface area (Å²) in [5, 5.41) is 3.21. The van der Waals surface area contributed by atoms with E-state index in [1.807, 2.05) is 25.7 Å². The summed E-state index contributed by atoms with van der Waals surface area (Å²) in [6, 6.07) is 11.7. The quantitative estimate of drug-likeness (QED) is 0.462. The Kier molecular flexibility index (Phi) is 10.5. The maximum Gasteiger partial charge on any atom is 0.573 e. The first kappa shape index (κ1) is 32.0. The number of nitrogens with one attached hydrogen (secondary N) is 1. The first-order valence-corrected chi connectivity index (χ1v) is 13.0. The molecule has 0 radical (unpaired) electrons. The third-order valence-corrected chi connectivity index (χ3v) is 5.92. The van der Waals surface area contributed by atoms with Gasteiger partial charge in [0.25, 0.3) is 0 Å². The molecule has 1 amide bonds. The fourth-order valence-electron chi connectivity index (χ4n) is 4.11. The number of nitrogens with zero attached hydrogens (tertiary/aromatic N) is 3. The largest absolute Gasteiger partial charge is 0.573 e. The summed E-state index contributed by atoms with van der Waals surface area (Å²) >= 11 is 0. The van der Waals surface area contributed by atoms with Gasteiger partial charge in [-0.25, -0.2) is 4.79 Å². The number of amides is 1. The lowest BCUT2D eigenvalue weighted by Gasteiger charge is -2.36. The molecule has 2 aromatic carbocycles. The van der Waals surface area contributed by atoms with Gasteiger partial charge in [0.15, 0.2) is 0 Å². The van der Waals surface area contributed by atoms with Gasteiger partial charge in [-0.05, 0) is 69.3 Å². The Morgan fingerprint density at radius 1 is 0.659 bits per heavy atom. The van der Waals surface area contributed by atoms with Crippen LogP contribution >= 0.6 is 0 Å². The summed E-state index contributed by atoms with van der Waals surface area (Å²) in [4.78, 5) is 17.7. The van der Waals surface area contributed by atoms with Gasteiger partial charge in [0.2, 0.25) is 0 Å². The van der Waals surface area contributed by atoms with Crippen molar-refractivity contribution in [3.8, 4) is 11.5 Å². The number of piperazine rings is 2. The number of anilines is 2. The molecular formula is C27H34F6N4O4. The van der Waals surface area contributed by atoms with Crippen molar-refractivity contribution in [3.63, 3.8) is 0 Å². The third kappa shape index (κ3) is 11.5. The van der Waals surface area contributed by atoms with Gasteiger partial charge in [-0.3, -0.25) is 0 Å². The Morgan fingerprint density at radius 3 is 1.41 bits per heavy atom. The van der Waals surface area contributed by atoms with Crippen LogP contribution in [0.5, 0.6) is 11.5 Å². The van der Waals surface area contributed by atoms with Crippen molar-refractivity contribution < 1.29 is 45.3 Å². The van der Waals surface area contributed by atoms with Gasteiger partial charge in [-0.1, -0.05) is 0 Å². The highest BCUT2D eigenvalue weighted by molar-refractivity contribution is 5.68. The number of benzene rings is 2.